The van der Waals surface area contributed by atoms with Crippen molar-refractivity contribution in [1.29, 1.82) is 0 Å². The Balaban J connectivity index is 1.43. The number of anilines is 1. The summed E-state index contributed by atoms with van der Waals surface area (Å²) in [6.07, 6.45) is 4.58. The largest absolute Gasteiger partial charge is 0.494 e. The van der Waals surface area contributed by atoms with Crippen LogP contribution in [-0.2, 0) is 25.5 Å². The first kappa shape index (κ1) is 25.9. The van der Waals surface area contributed by atoms with Gasteiger partial charge < -0.3 is 24.0 Å². The molecule has 0 saturated carbocycles. The molecule has 2 saturated heterocycles. The van der Waals surface area contributed by atoms with Gasteiger partial charge in [0.25, 0.3) is 0 Å². The van der Waals surface area contributed by atoms with E-state index >= 15 is 0 Å². The Morgan fingerprint density at radius 3 is 2.53 bits per heavy atom. The van der Waals surface area contributed by atoms with E-state index in [1.165, 1.54) is 0 Å². The van der Waals surface area contributed by atoms with E-state index in [1.807, 2.05) is 43.0 Å². The van der Waals surface area contributed by atoms with E-state index in [0.717, 1.165) is 24.2 Å². The summed E-state index contributed by atoms with van der Waals surface area (Å²) >= 11 is 0. The van der Waals surface area contributed by atoms with Crippen molar-refractivity contribution in [3.05, 3.63) is 48.3 Å². The van der Waals surface area contributed by atoms with Crippen molar-refractivity contribution in [2.75, 3.05) is 31.1 Å². The number of benzene rings is 1. The number of rotatable bonds is 9. The van der Waals surface area contributed by atoms with Crippen molar-refractivity contribution >= 4 is 17.8 Å². The number of hydrogen-bond donors (Lipinski definition) is 0. The number of carbonyl (C=O) groups is 2. The molecule has 0 N–H and O–H groups in total. The third kappa shape index (κ3) is 6.13. The number of esters is 1. The second-order valence-electron chi connectivity index (χ2n) is 9.81. The SMILES string of the molecule is CCOc1ccc(CCC[C@H](C(=O)N2CCN(c3ncccn3)C[C@H]2C)C2OC(C)(C)OC2=O)cc1. The molecule has 1 unspecified atom stereocenters. The van der Waals surface area contributed by atoms with Crippen LogP contribution in [0.3, 0.4) is 0 Å². The van der Waals surface area contributed by atoms with Gasteiger partial charge in [0.1, 0.15) is 5.75 Å². The lowest BCUT2D eigenvalue weighted by atomic mass is 9.92. The number of aromatic nitrogens is 2. The van der Waals surface area contributed by atoms with Crippen LogP contribution < -0.4 is 9.64 Å². The van der Waals surface area contributed by atoms with Crippen LogP contribution in [0.1, 0.15) is 46.1 Å². The molecular formula is C27H36N4O5. The lowest BCUT2D eigenvalue weighted by molar-refractivity contribution is -0.163. The van der Waals surface area contributed by atoms with Crippen LogP contribution >= 0.6 is 0 Å². The summed E-state index contributed by atoms with van der Waals surface area (Å²) in [4.78, 5) is 39.2. The van der Waals surface area contributed by atoms with Gasteiger partial charge in [-0.1, -0.05) is 12.1 Å². The van der Waals surface area contributed by atoms with Gasteiger partial charge >= 0.3 is 5.97 Å². The molecule has 194 valence electrons. The van der Waals surface area contributed by atoms with E-state index in [0.29, 0.717) is 38.6 Å². The predicted octanol–water partition coefficient (Wildman–Crippen LogP) is 3.23. The normalized spacial score (nSPS) is 22.3. The second-order valence-corrected chi connectivity index (χ2v) is 9.81. The first-order chi connectivity index (χ1) is 17.3. The van der Waals surface area contributed by atoms with Crippen molar-refractivity contribution in [2.45, 2.75) is 64.9 Å². The number of aryl methyl sites for hydroxylation is 1. The van der Waals surface area contributed by atoms with Crippen LogP contribution in [0.5, 0.6) is 5.75 Å². The quantitative estimate of drug-likeness (QED) is 0.489. The molecule has 2 fully saturated rings. The predicted molar refractivity (Wildman–Crippen MR) is 135 cm³/mol. The molecule has 0 aliphatic carbocycles. The summed E-state index contributed by atoms with van der Waals surface area (Å²) in [5, 5.41) is 0. The smallest absolute Gasteiger partial charge is 0.338 e. The van der Waals surface area contributed by atoms with Gasteiger partial charge in [0.15, 0.2) is 6.10 Å². The van der Waals surface area contributed by atoms with Gasteiger partial charge in [-0.25, -0.2) is 14.8 Å². The Morgan fingerprint density at radius 2 is 1.92 bits per heavy atom. The Kier molecular flexibility index (Phi) is 8.08. The van der Waals surface area contributed by atoms with Crippen molar-refractivity contribution < 1.29 is 23.8 Å². The van der Waals surface area contributed by atoms with Crippen LogP contribution in [0.15, 0.2) is 42.7 Å². The van der Waals surface area contributed by atoms with Crippen molar-refractivity contribution in [3.8, 4) is 5.75 Å². The molecule has 1 amide bonds. The van der Waals surface area contributed by atoms with Gasteiger partial charge in [-0.3, -0.25) is 4.79 Å². The van der Waals surface area contributed by atoms with Crippen molar-refractivity contribution in [1.82, 2.24) is 14.9 Å². The maximum absolute atomic E-state index is 13.8. The number of nitrogens with zero attached hydrogens (tertiary/aromatic N) is 4. The van der Waals surface area contributed by atoms with Crippen molar-refractivity contribution in [3.63, 3.8) is 0 Å². The van der Waals surface area contributed by atoms with Gasteiger partial charge in [0.05, 0.1) is 12.5 Å². The molecule has 3 atom stereocenters. The van der Waals surface area contributed by atoms with Crippen LogP contribution in [0.25, 0.3) is 0 Å². The molecule has 2 aliphatic rings. The zero-order chi connectivity index (χ0) is 25.7. The zero-order valence-electron chi connectivity index (χ0n) is 21.6. The minimum absolute atomic E-state index is 0.0610. The average molecular weight is 497 g/mol. The van der Waals surface area contributed by atoms with Gasteiger partial charge in [-0.15, -0.1) is 0 Å². The number of piperazine rings is 1. The van der Waals surface area contributed by atoms with Crippen LogP contribution in [0.2, 0.25) is 0 Å². The van der Waals surface area contributed by atoms with E-state index in [9.17, 15) is 9.59 Å². The molecular weight excluding hydrogens is 460 g/mol. The highest BCUT2D eigenvalue weighted by atomic mass is 16.8. The lowest BCUT2D eigenvalue weighted by Gasteiger charge is -2.41. The summed E-state index contributed by atoms with van der Waals surface area (Å²) in [6, 6.07) is 9.72. The highest BCUT2D eigenvalue weighted by Gasteiger charge is 2.49. The first-order valence-electron chi connectivity index (χ1n) is 12.7. The van der Waals surface area contributed by atoms with E-state index in [4.69, 9.17) is 14.2 Å². The number of cyclic esters (lactones) is 1. The summed E-state index contributed by atoms with van der Waals surface area (Å²) in [6.45, 7) is 9.78. The molecule has 1 aromatic heterocycles. The fraction of sp³-hybridized carbons (Fsp3) is 0.556. The van der Waals surface area contributed by atoms with Gasteiger partial charge in [0.2, 0.25) is 17.6 Å². The van der Waals surface area contributed by atoms with Crippen molar-refractivity contribution in [2.24, 2.45) is 5.92 Å². The topological polar surface area (TPSA) is 94.1 Å². The Labute approximate surface area is 212 Å². The standard InChI is InChI=1S/C27H36N4O5/c1-5-34-21-12-10-20(11-13-21)8-6-9-22(23-25(33)36-27(3,4)35-23)24(32)31-17-16-30(18-19(31)2)26-28-14-7-15-29-26/h7,10-15,19,22-23H,5-6,8-9,16-18H2,1-4H3/t19-,22+,23?/m1/s1. The van der Waals surface area contributed by atoms with E-state index in [2.05, 4.69) is 14.9 Å². The molecule has 0 spiro atoms. The number of ether oxygens (including phenoxy) is 3. The fourth-order valence-electron chi connectivity index (χ4n) is 4.91. The molecule has 0 radical (unpaired) electrons. The number of amides is 1. The van der Waals surface area contributed by atoms with E-state index in [-0.39, 0.29) is 11.9 Å². The molecule has 2 aliphatic heterocycles. The van der Waals surface area contributed by atoms with E-state index < -0.39 is 23.8 Å². The highest BCUT2D eigenvalue weighted by Crippen LogP contribution is 2.32. The Hall–Kier alpha value is -3.20. The summed E-state index contributed by atoms with van der Waals surface area (Å²) in [5.41, 5.74) is 1.16. The number of hydrogen-bond acceptors (Lipinski definition) is 8. The maximum Gasteiger partial charge on any atom is 0.338 e. The molecule has 4 rings (SSSR count). The van der Waals surface area contributed by atoms with E-state index in [1.54, 1.807) is 32.3 Å². The monoisotopic (exact) mass is 496 g/mol. The first-order valence-corrected chi connectivity index (χ1v) is 12.7. The number of carbonyl (C=O) groups excluding carboxylic acids is 2. The Morgan fingerprint density at radius 1 is 1.19 bits per heavy atom. The summed E-state index contributed by atoms with van der Waals surface area (Å²) in [7, 11) is 0. The van der Waals surface area contributed by atoms with Crippen LogP contribution in [0, 0.1) is 5.92 Å². The Bertz CT molecular complexity index is 1030. The van der Waals surface area contributed by atoms with Gasteiger partial charge in [-0.05, 0) is 56.9 Å². The minimum atomic E-state index is -1.04. The molecule has 9 heteroatoms. The lowest BCUT2D eigenvalue weighted by Crippen LogP contribution is -2.57. The highest BCUT2D eigenvalue weighted by molar-refractivity contribution is 5.88. The van der Waals surface area contributed by atoms with Gasteiger partial charge in [-0.2, -0.15) is 0 Å². The summed E-state index contributed by atoms with van der Waals surface area (Å²) in [5.74, 6) is -0.681. The van der Waals surface area contributed by atoms with Crippen LogP contribution in [-0.4, -0.2) is 70.9 Å². The third-order valence-electron chi connectivity index (χ3n) is 6.63. The second kappa shape index (κ2) is 11.2. The molecule has 2 aromatic rings. The van der Waals surface area contributed by atoms with Gasteiger partial charge in [0, 0.05) is 51.9 Å². The molecule has 1 aromatic carbocycles. The fourth-order valence-corrected chi connectivity index (χ4v) is 4.91. The maximum atomic E-state index is 13.8. The molecule has 0 bridgehead atoms. The summed E-state index contributed by atoms with van der Waals surface area (Å²) < 4.78 is 16.9. The third-order valence-corrected chi connectivity index (χ3v) is 6.63. The average Bonchev–Trinajstić information content (AvgIpc) is 3.14. The zero-order valence-corrected chi connectivity index (χ0v) is 21.6. The molecule has 36 heavy (non-hydrogen) atoms. The minimum Gasteiger partial charge on any atom is -0.494 e. The molecule has 3 heterocycles. The molecule has 9 nitrogen and oxygen atoms in total. The van der Waals surface area contributed by atoms with Crippen LogP contribution in [0.4, 0.5) is 5.95 Å².